The minimum Gasteiger partial charge on any atom is -0.331 e. The summed E-state index contributed by atoms with van der Waals surface area (Å²) in [6.07, 6.45) is 0. The number of rotatable bonds is 2. The molecule has 2 amide bonds. The molecule has 0 unspecified atom stereocenters. The van der Waals surface area contributed by atoms with Crippen molar-refractivity contribution in [3.63, 3.8) is 0 Å². The fourth-order valence-electron chi connectivity index (χ4n) is 2.79. The Balaban J connectivity index is 1.82. The Hall–Kier alpha value is -2.73. The summed E-state index contributed by atoms with van der Waals surface area (Å²) in [4.78, 5) is 25.0. The second kappa shape index (κ2) is 6.05. The summed E-state index contributed by atoms with van der Waals surface area (Å²) in [5, 5.41) is 5.78. The summed E-state index contributed by atoms with van der Waals surface area (Å²) >= 11 is 5.37. The van der Waals surface area contributed by atoms with Gasteiger partial charge in [0.25, 0.3) is 11.8 Å². The highest BCUT2D eigenvalue weighted by Gasteiger charge is 2.38. The molecule has 0 fully saturated rings. The number of amides is 2. The van der Waals surface area contributed by atoms with Crippen molar-refractivity contribution >= 4 is 34.8 Å². The van der Waals surface area contributed by atoms with E-state index in [4.69, 9.17) is 12.2 Å². The van der Waals surface area contributed by atoms with E-state index in [1.54, 1.807) is 31.3 Å². The number of nitrogens with zero attached hydrogens (tertiary/aromatic N) is 2. The van der Waals surface area contributed by atoms with Crippen LogP contribution in [0.5, 0.6) is 0 Å². The molecule has 0 saturated heterocycles. The maximum Gasteiger partial charge on any atom is 0.280 e. The van der Waals surface area contributed by atoms with E-state index in [9.17, 15) is 9.59 Å². The molecule has 0 aliphatic carbocycles. The topological polar surface area (TPSA) is 52.6 Å². The fraction of sp³-hybridized carbons (Fsp3) is 0.167. The van der Waals surface area contributed by atoms with Gasteiger partial charge in [0.05, 0.1) is 11.1 Å². The first-order chi connectivity index (χ1) is 11.4. The molecule has 1 N–H and O–H groups in total. The summed E-state index contributed by atoms with van der Waals surface area (Å²) in [5.41, 5.74) is 3.81. The molecular formula is C18H17N3O2S. The number of fused-ring (bicyclic) bond motifs is 1. The Labute approximate surface area is 145 Å². The summed E-state index contributed by atoms with van der Waals surface area (Å²) in [6.45, 7) is 3.99. The van der Waals surface area contributed by atoms with Gasteiger partial charge in [-0.2, -0.15) is 5.01 Å². The molecule has 3 rings (SSSR count). The molecule has 0 spiro atoms. The van der Waals surface area contributed by atoms with Crippen LogP contribution in [-0.4, -0.2) is 34.0 Å². The van der Waals surface area contributed by atoms with Gasteiger partial charge < -0.3 is 5.32 Å². The molecule has 0 radical (unpaired) electrons. The van der Waals surface area contributed by atoms with E-state index < -0.39 is 0 Å². The van der Waals surface area contributed by atoms with Crippen LogP contribution >= 0.6 is 12.2 Å². The molecule has 2 aromatic carbocycles. The van der Waals surface area contributed by atoms with E-state index in [0.29, 0.717) is 11.1 Å². The highest BCUT2D eigenvalue weighted by molar-refractivity contribution is 7.80. The molecule has 6 heteroatoms. The predicted molar refractivity (Wildman–Crippen MR) is 96.8 cm³/mol. The number of aryl methyl sites for hydroxylation is 2. The lowest BCUT2D eigenvalue weighted by atomic mass is 10.1. The quantitative estimate of drug-likeness (QED) is 0.673. The molecule has 0 bridgehead atoms. The third-order valence-electron chi connectivity index (χ3n) is 3.84. The fourth-order valence-corrected chi connectivity index (χ4v) is 2.99. The van der Waals surface area contributed by atoms with Crippen molar-refractivity contribution in [2.45, 2.75) is 13.8 Å². The van der Waals surface area contributed by atoms with Crippen molar-refractivity contribution in [1.29, 1.82) is 0 Å². The number of carbonyl (C=O) groups excluding carboxylic acids is 2. The van der Waals surface area contributed by atoms with E-state index in [2.05, 4.69) is 11.4 Å². The number of nitrogens with one attached hydrogen (secondary N) is 1. The maximum atomic E-state index is 12.5. The third kappa shape index (κ3) is 2.76. The summed E-state index contributed by atoms with van der Waals surface area (Å²) in [7, 11) is 1.60. The molecule has 1 aliphatic heterocycles. The van der Waals surface area contributed by atoms with Gasteiger partial charge in [-0.15, -0.1) is 0 Å². The highest BCUT2D eigenvalue weighted by Crippen LogP contribution is 2.24. The summed E-state index contributed by atoms with van der Waals surface area (Å²) < 4.78 is 0. The Bertz CT molecular complexity index is 808. The largest absolute Gasteiger partial charge is 0.331 e. The van der Waals surface area contributed by atoms with E-state index in [1.165, 1.54) is 5.01 Å². The van der Waals surface area contributed by atoms with E-state index in [-0.39, 0.29) is 16.9 Å². The van der Waals surface area contributed by atoms with Crippen LogP contribution in [-0.2, 0) is 0 Å². The predicted octanol–water partition coefficient (Wildman–Crippen LogP) is 3.14. The van der Waals surface area contributed by atoms with Crippen molar-refractivity contribution in [1.82, 2.24) is 10.0 Å². The Morgan fingerprint density at radius 2 is 1.50 bits per heavy atom. The average Bonchev–Trinajstić information content (AvgIpc) is 2.77. The SMILES string of the molecule is Cc1cc(C)cc(NC(=S)N(C)N2C(=O)c3ccccc3C2=O)c1. The third-order valence-corrected chi connectivity index (χ3v) is 4.21. The van der Waals surface area contributed by atoms with E-state index in [0.717, 1.165) is 21.8 Å². The monoisotopic (exact) mass is 339 g/mol. The Morgan fingerprint density at radius 1 is 1.00 bits per heavy atom. The Kier molecular flexibility index (Phi) is 4.07. The molecule has 5 nitrogen and oxygen atoms in total. The maximum absolute atomic E-state index is 12.5. The lowest BCUT2D eigenvalue weighted by Gasteiger charge is -2.28. The molecule has 122 valence electrons. The first-order valence-corrected chi connectivity index (χ1v) is 7.90. The van der Waals surface area contributed by atoms with Gasteiger partial charge in [0.15, 0.2) is 5.11 Å². The molecular weight excluding hydrogens is 322 g/mol. The summed E-state index contributed by atoms with van der Waals surface area (Å²) in [6, 6.07) is 12.7. The molecule has 24 heavy (non-hydrogen) atoms. The van der Waals surface area contributed by atoms with Crippen LogP contribution in [0.2, 0.25) is 0 Å². The first kappa shape index (κ1) is 16.1. The van der Waals surface area contributed by atoms with E-state index in [1.807, 2.05) is 26.0 Å². The number of benzene rings is 2. The van der Waals surface area contributed by atoms with Crippen molar-refractivity contribution in [2.24, 2.45) is 0 Å². The first-order valence-electron chi connectivity index (χ1n) is 7.49. The van der Waals surface area contributed by atoms with Gasteiger partial charge in [0.2, 0.25) is 0 Å². The van der Waals surface area contributed by atoms with Crippen molar-refractivity contribution in [2.75, 3.05) is 12.4 Å². The second-order valence-electron chi connectivity index (χ2n) is 5.80. The van der Waals surface area contributed by atoms with Crippen LogP contribution in [0.1, 0.15) is 31.8 Å². The zero-order chi connectivity index (χ0) is 17.4. The standard InChI is InChI=1S/C18H17N3O2S/c1-11-8-12(2)10-13(9-11)19-18(24)20(3)21-16(22)14-6-4-5-7-15(14)17(21)23/h4-10H,1-3H3,(H,19,24). The lowest BCUT2D eigenvalue weighted by molar-refractivity contribution is 0.0366. The number of anilines is 1. The number of imide groups is 1. The number of thiocarbonyl (C=S) groups is 1. The van der Waals surface area contributed by atoms with Crippen LogP contribution in [0.4, 0.5) is 5.69 Å². The van der Waals surface area contributed by atoms with Gasteiger partial charge in [-0.25, -0.2) is 0 Å². The van der Waals surface area contributed by atoms with Gasteiger partial charge in [-0.05, 0) is 61.5 Å². The van der Waals surface area contributed by atoms with Crippen molar-refractivity contribution < 1.29 is 9.59 Å². The van der Waals surface area contributed by atoms with E-state index >= 15 is 0 Å². The Morgan fingerprint density at radius 3 is 2.00 bits per heavy atom. The number of hydrazine groups is 1. The zero-order valence-corrected chi connectivity index (χ0v) is 14.5. The normalized spacial score (nSPS) is 13.0. The van der Waals surface area contributed by atoms with Crippen LogP contribution < -0.4 is 5.32 Å². The number of hydrogen-bond acceptors (Lipinski definition) is 3. The van der Waals surface area contributed by atoms with Crippen LogP contribution in [0.25, 0.3) is 0 Å². The van der Waals surface area contributed by atoms with Gasteiger partial charge >= 0.3 is 0 Å². The van der Waals surface area contributed by atoms with Gasteiger partial charge in [0.1, 0.15) is 0 Å². The van der Waals surface area contributed by atoms with Gasteiger partial charge in [-0.3, -0.25) is 14.6 Å². The molecule has 0 saturated carbocycles. The minimum atomic E-state index is -0.373. The molecule has 0 atom stereocenters. The van der Waals surface area contributed by atoms with Gasteiger partial charge in [-0.1, -0.05) is 18.2 Å². The minimum absolute atomic E-state index is 0.273. The number of hydrogen-bond donors (Lipinski definition) is 1. The number of carbonyl (C=O) groups is 2. The smallest absolute Gasteiger partial charge is 0.280 e. The summed E-state index contributed by atoms with van der Waals surface area (Å²) in [5.74, 6) is -0.745. The molecule has 1 aliphatic rings. The van der Waals surface area contributed by atoms with Crippen LogP contribution in [0.15, 0.2) is 42.5 Å². The van der Waals surface area contributed by atoms with Crippen molar-refractivity contribution in [3.8, 4) is 0 Å². The average molecular weight is 339 g/mol. The molecule has 1 heterocycles. The zero-order valence-electron chi connectivity index (χ0n) is 13.7. The lowest BCUT2D eigenvalue weighted by Crippen LogP contribution is -2.48. The van der Waals surface area contributed by atoms with Crippen LogP contribution in [0, 0.1) is 13.8 Å². The highest BCUT2D eigenvalue weighted by atomic mass is 32.1. The molecule has 2 aromatic rings. The molecule has 0 aromatic heterocycles. The van der Waals surface area contributed by atoms with Gasteiger partial charge in [0, 0.05) is 12.7 Å². The van der Waals surface area contributed by atoms with Crippen molar-refractivity contribution in [3.05, 3.63) is 64.7 Å². The second-order valence-corrected chi connectivity index (χ2v) is 6.18. The van der Waals surface area contributed by atoms with Crippen LogP contribution in [0.3, 0.4) is 0 Å².